The molecule has 2 unspecified atom stereocenters. The molecule has 0 aromatic heterocycles. The van der Waals surface area contributed by atoms with Gasteiger partial charge in [0, 0.05) is 49.2 Å². The van der Waals surface area contributed by atoms with E-state index >= 15 is 0 Å². The second-order valence-electron chi connectivity index (χ2n) is 10.2. The van der Waals surface area contributed by atoms with Crippen molar-refractivity contribution >= 4 is 17.5 Å². The Morgan fingerprint density at radius 1 is 1.00 bits per heavy atom. The number of halogens is 4. The molecular weight excluding hydrogens is 497 g/mol. The van der Waals surface area contributed by atoms with Crippen LogP contribution in [-0.2, 0) is 12.7 Å². The van der Waals surface area contributed by atoms with Crippen LogP contribution in [0.5, 0.6) is 0 Å². The molecular formula is C30H32ClF3N2O. The molecule has 3 aromatic rings. The van der Waals surface area contributed by atoms with Crippen molar-refractivity contribution in [2.24, 2.45) is 11.8 Å². The molecule has 2 atom stereocenters. The first kappa shape index (κ1) is 27.2. The highest BCUT2D eigenvalue weighted by atomic mass is 35.5. The van der Waals surface area contributed by atoms with Gasteiger partial charge in [-0.3, -0.25) is 9.69 Å². The van der Waals surface area contributed by atoms with Crippen LogP contribution in [0.3, 0.4) is 0 Å². The van der Waals surface area contributed by atoms with Crippen molar-refractivity contribution in [3.8, 4) is 0 Å². The van der Waals surface area contributed by atoms with Crippen LogP contribution in [0, 0.1) is 11.8 Å². The predicted molar refractivity (Wildman–Crippen MR) is 142 cm³/mol. The molecule has 0 N–H and O–H groups in total. The number of nitrogens with zero attached hydrogens (tertiary/aromatic N) is 2. The van der Waals surface area contributed by atoms with Gasteiger partial charge >= 0.3 is 6.18 Å². The Morgan fingerprint density at radius 2 is 1.70 bits per heavy atom. The van der Waals surface area contributed by atoms with Crippen LogP contribution in [0.25, 0.3) is 0 Å². The van der Waals surface area contributed by atoms with Crippen LogP contribution < -0.4 is 0 Å². The van der Waals surface area contributed by atoms with E-state index < -0.39 is 11.7 Å². The standard InChI is InChI=1S/C30H32ClF3N2O/c1-21(2)16-36(29(37)22-9-4-3-5-10-22)19-25-18-35(17-24-11-6-7-14-28(24)31)20-27(25)23-12-8-13-26(15-23)30(32,33)34/h3-15,21,25,27H,16-20H2,1-2H3. The van der Waals surface area contributed by atoms with Gasteiger partial charge in [-0.15, -0.1) is 0 Å². The zero-order valence-electron chi connectivity index (χ0n) is 21.1. The summed E-state index contributed by atoms with van der Waals surface area (Å²) >= 11 is 6.41. The maximum absolute atomic E-state index is 13.5. The molecule has 1 fully saturated rings. The molecule has 196 valence electrons. The fraction of sp³-hybridized carbons (Fsp3) is 0.367. The van der Waals surface area contributed by atoms with Gasteiger partial charge in [0.25, 0.3) is 5.91 Å². The minimum absolute atomic E-state index is 0.0302. The molecule has 4 rings (SSSR count). The Labute approximate surface area is 221 Å². The maximum atomic E-state index is 13.5. The van der Waals surface area contributed by atoms with Crippen molar-refractivity contribution in [1.29, 1.82) is 0 Å². The van der Waals surface area contributed by atoms with E-state index in [4.69, 9.17) is 11.6 Å². The second-order valence-corrected chi connectivity index (χ2v) is 10.7. The number of likely N-dealkylation sites (tertiary alicyclic amines) is 1. The highest BCUT2D eigenvalue weighted by molar-refractivity contribution is 6.31. The summed E-state index contributed by atoms with van der Waals surface area (Å²) in [6.07, 6.45) is -4.41. The van der Waals surface area contributed by atoms with Crippen molar-refractivity contribution in [2.75, 3.05) is 26.2 Å². The van der Waals surface area contributed by atoms with Crippen LogP contribution in [-0.4, -0.2) is 41.9 Å². The predicted octanol–water partition coefficient (Wildman–Crippen LogP) is 7.37. The van der Waals surface area contributed by atoms with Crippen LogP contribution >= 0.6 is 11.6 Å². The van der Waals surface area contributed by atoms with Crippen LogP contribution in [0.1, 0.15) is 46.8 Å². The normalized spacial score (nSPS) is 18.4. The average Bonchev–Trinajstić information content (AvgIpc) is 3.26. The molecule has 0 bridgehead atoms. The quantitative estimate of drug-likeness (QED) is 0.305. The number of carbonyl (C=O) groups excluding carboxylic acids is 1. The Morgan fingerprint density at radius 3 is 2.38 bits per heavy atom. The van der Waals surface area contributed by atoms with E-state index in [1.807, 2.05) is 47.4 Å². The number of benzene rings is 3. The monoisotopic (exact) mass is 528 g/mol. The summed E-state index contributed by atoms with van der Waals surface area (Å²) in [7, 11) is 0. The Balaban J connectivity index is 1.64. The van der Waals surface area contributed by atoms with Gasteiger partial charge in [0.2, 0.25) is 0 Å². The molecule has 1 aliphatic heterocycles. The molecule has 37 heavy (non-hydrogen) atoms. The molecule has 1 aliphatic rings. The summed E-state index contributed by atoms with van der Waals surface area (Å²) in [5.41, 5.74) is 1.60. The van der Waals surface area contributed by atoms with Gasteiger partial charge < -0.3 is 4.90 Å². The fourth-order valence-electron chi connectivity index (χ4n) is 5.19. The Bertz CT molecular complexity index is 1200. The third-order valence-electron chi connectivity index (χ3n) is 6.86. The van der Waals surface area contributed by atoms with Gasteiger partial charge in [0.05, 0.1) is 5.56 Å². The molecule has 0 spiro atoms. The van der Waals surface area contributed by atoms with Gasteiger partial charge in [-0.05, 0) is 47.2 Å². The summed E-state index contributed by atoms with van der Waals surface area (Å²) < 4.78 is 40.6. The van der Waals surface area contributed by atoms with Crippen molar-refractivity contribution in [3.63, 3.8) is 0 Å². The second kappa shape index (κ2) is 11.7. The zero-order valence-corrected chi connectivity index (χ0v) is 21.8. The zero-order chi connectivity index (χ0) is 26.6. The van der Waals surface area contributed by atoms with Gasteiger partial charge in [0.1, 0.15) is 0 Å². The SMILES string of the molecule is CC(C)CN(CC1CN(Cc2ccccc2Cl)CC1c1cccc(C(F)(F)F)c1)C(=O)c1ccccc1. The first-order chi connectivity index (χ1) is 17.6. The number of hydrogen-bond acceptors (Lipinski definition) is 2. The third-order valence-corrected chi connectivity index (χ3v) is 7.23. The van der Waals surface area contributed by atoms with Gasteiger partial charge in [0.15, 0.2) is 0 Å². The number of amides is 1. The van der Waals surface area contributed by atoms with Crippen molar-refractivity contribution in [3.05, 3.63) is 106 Å². The lowest BCUT2D eigenvalue weighted by molar-refractivity contribution is -0.137. The maximum Gasteiger partial charge on any atom is 0.416 e. The lowest BCUT2D eigenvalue weighted by atomic mass is 9.87. The molecule has 0 aliphatic carbocycles. The highest BCUT2D eigenvalue weighted by Gasteiger charge is 2.38. The highest BCUT2D eigenvalue weighted by Crippen LogP contribution is 2.38. The van der Waals surface area contributed by atoms with Crippen LogP contribution in [0.4, 0.5) is 13.2 Å². The van der Waals surface area contributed by atoms with Crippen molar-refractivity contribution in [1.82, 2.24) is 9.80 Å². The van der Waals surface area contributed by atoms with E-state index in [9.17, 15) is 18.0 Å². The average molecular weight is 529 g/mol. The number of carbonyl (C=O) groups is 1. The van der Waals surface area contributed by atoms with Gasteiger partial charge in [-0.1, -0.05) is 80.0 Å². The van der Waals surface area contributed by atoms with Gasteiger partial charge in [-0.25, -0.2) is 0 Å². The van der Waals surface area contributed by atoms with E-state index in [1.165, 1.54) is 12.1 Å². The van der Waals surface area contributed by atoms with E-state index in [2.05, 4.69) is 18.7 Å². The molecule has 0 saturated carbocycles. The Kier molecular flexibility index (Phi) is 8.60. The summed E-state index contributed by atoms with van der Waals surface area (Å²) in [5.74, 6) is 0.0161. The summed E-state index contributed by atoms with van der Waals surface area (Å²) in [4.78, 5) is 17.6. The first-order valence-corrected chi connectivity index (χ1v) is 13.0. The molecule has 1 heterocycles. The van der Waals surface area contributed by atoms with Crippen molar-refractivity contribution in [2.45, 2.75) is 32.5 Å². The number of alkyl halides is 3. The molecule has 0 radical (unpaired) electrons. The van der Waals surface area contributed by atoms with Crippen LogP contribution in [0.2, 0.25) is 5.02 Å². The van der Waals surface area contributed by atoms with E-state index in [0.29, 0.717) is 48.9 Å². The molecule has 3 aromatic carbocycles. The number of hydrogen-bond donors (Lipinski definition) is 0. The lowest BCUT2D eigenvalue weighted by Gasteiger charge is -2.30. The number of rotatable bonds is 8. The van der Waals surface area contributed by atoms with Gasteiger partial charge in [-0.2, -0.15) is 13.2 Å². The minimum atomic E-state index is -4.41. The van der Waals surface area contributed by atoms with E-state index in [-0.39, 0.29) is 23.7 Å². The van der Waals surface area contributed by atoms with Crippen molar-refractivity contribution < 1.29 is 18.0 Å². The summed E-state index contributed by atoms with van der Waals surface area (Å²) in [6.45, 7) is 7.01. The van der Waals surface area contributed by atoms with Crippen LogP contribution in [0.15, 0.2) is 78.9 Å². The van der Waals surface area contributed by atoms with E-state index in [1.54, 1.807) is 18.2 Å². The minimum Gasteiger partial charge on any atom is -0.338 e. The Hall–Kier alpha value is -2.83. The summed E-state index contributed by atoms with van der Waals surface area (Å²) in [6, 6.07) is 22.4. The molecule has 7 heteroatoms. The third kappa shape index (κ3) is 6.93. The molecule has 1 amide bonds. The van der Waals surface area contributed by atoms with E-state index in [0.717, 1.165) is 11.6 Å². The fourth-order valence-corrected chi connectivity index (χ4v) is 5.39. The topological polar surface area (TPSA) is 23.6 Å². The smallest absolute Gasteiger partial charge is 0.338 e. The summed E-state index contributed by atoms with van der Waals surface area (Å²) in [5, 5.41) is 0.669. The lowest BCUT2D eigenvalue weighted by Crippen LogP contribution is -2.39. The first-order valence-electron chi connectivity index (χ1n) is 12.6. The largest absolute Gasteiger partial charge is 0.416 e. The molecule has 1 saturated heterocycles. The molecule has 3 nitrogen and oxygen atoms in total.